The van der Waals surface area contributed by atoms with Gasteiger partial charge < -0.3 is 5.32 Å². The Kier molecular flexibility index (Phi) is 8.78. The standard InChI is InChI=1S/C13H25N/c1-5-8-9-11-12(4)14-13(7-3)10-6-2/h2,12-14H,5,7-11H2,1,3-4H3. The molecule has 0 aromatic rings. The maximum Gasteiger partial charge on any atom is 0.0240 e. The lowest BCUT2D eigenvalue weighted by Gasteiger charge is -2.20. The summed E-state index contributed by atoms with van der Waals surface area (Å²) in [5, 5.41) is 3.58. The van der Waals surface area contributed by atoms with Crippen molar-refractivity contribution in [3.05, 3.63) is 0 Å². The van der Waals surface area contributed by atoms with Crippen molar-refractivity contribution in [1.29, 1.82) is 0 Å². The van der Waals surface area contributed by atoms with Gasteiger partial charge in [-0.1, -0.05) is 33.1 Å². The monoisotopic (exact) mass is 195 g/mol. The molecule has 1 nitrogen and oxygen atoms in total. The van der Waals surface area contributed by atoms with Gasteiger partial charge >= 0.3 is 0 Å². The maximum atomic E-state index is 5.31. The highest BCUT2D eigenvalue weighted by Crippen LogP contribution is 2.05. The number of unbranched alkanes of at least 4 members (excludes halogenated alkanes) is 2. The number of rotatable bonds is 8. The van der Waals surface area contributed by atoms with Crippen LogP contribution in [-0.2, 0) is 0 Å². The smallest absolute Gasteiger partial charge is 0.0240 e. The van der Waals surface area contributed by atoms with Gasteiger partial charge in [-0.25, -0.2) is 0 Å². The van der Waals surface area contributed by atoms with E-state index in [2.05, 4.69) is 32.0 Å². The Bertz CT molecular complexity index is 157. The van der Waals surface area contributed by atoms with Crippen LogP contribution in [-0.4, -0.2) is 12.1 Å². The van der Waals surface area contributed by atoms with Crippen LogP contribution in [0.25, 0.3) is 0 Å². The third-order valence-corrected chi connectivity index (χ3v) is 2.62. The van der Waals surface area contributed by atoms with Crippen LogP contribution in [0.3, 0.4) is 0 Å². The molecule has 2 atom stereocenters. The van der Waals surface area contributed by atoms with Gasteiger partial charge in [-0.15, -0.1) is 12.3 Å². The Morgan fingerprint density at radius 1 is 1.29 bits per heavy atom. The van der Waals surface area contributed by atoms with Gasteiger partial charge in [0.05, 0.1) is 0 Å². The molecule has 0 fully saturated rings. The summed E-state index contributed by atoms with van der Waals surface area (Å²) in [6.45, 7) is 6.69. The van der Waals surface area contributed by atoms with Gasteiger partial charge in [0.25, 0.3) is 0 Å². The second kappa shape index (κ2) is 9.09. The average molecular weight is 195 g/mol. The molecule has 0 bridgehead atoms. The summed E-state index contributed by atoms with van der Waals surface area (Å²) in [5.41, 5.74) is 0. The van der Waals surface area contributed by atoms with E-state index >= 15 is 0 Å². The van der Waals surface area contributed by atoms with E-state index in [1.54, 1.807) is 0 Å². The van der Waals surface area contributed by atoms with Crippen molar-refractivity contribution in [3.63, 3.8) is 0 Å². The van der Waals surface area contributed by atoms with E-state index in [9.17, 15) is 0 Å². The van der Waals surface area contributed by atoms with Gasteiger partial charge in [-0.2, -0.15) is 0 Å². The second-order valence-corrected chi connectivity index (χ2v) is 4.08. The minimum Gasteiger partial charge on any atom is -0.311 e. The molecular formula is C13H25N. The van der Waals surface area contributed by atoms with Crippen LogP contribution in [0.15, 0.2) is 0 Å². The largest absolute Gasteiger partial charge is 0.311 e. The van der Waals surface area contributed by atoms with E-state index in [1.165, 1.54) is 25.7 Å². The van der Waals surface area contributed by atoms with Gasteiger partial charge in [0.1, 0.15) is 0 Å². The highest BCUT2D eigenvalue weighted by Gasteiger charge is 2.08. The van der Waals surface area contributed by atoms with Crippen LogP contribution in [0.2, 0.25) is 0 Å². The summed E-state index contributed by atoms with van der Waals surface area (Å²) < 4.78 is 0. The lowest BCUT2D eigenvalue weighted by atomic mass is 10.1. The van der Waals surface area contributed by atoms with E-state index in [-0.39, 0.29) is 0 Å². The predicted octanol–water partition coefficient (Wildman–Crippen LogP) is 3.35. The molecule has 0 heterocycles. The van der Waals surface area contributed by atoms with Crippen LogP contribution in [0.5, 0.6) is 0 Å². The molecule has 0 saturated carbocycles. The van der Waals surface area contributed by atoms with Gasteiger partial charge in [-0.05, 0) is 19.8 Å². The first-order valence-electron chi connectivity index (χ1n) is 5.94. The minimum absolute atomic E-state index is 0.511. The maximum absolute atomic E-state index is 5.31. The van der Waals surface area contributed by atoms with E-state index in [4.69, 9.17) is 6.42 Å². The molecule has 0 aromatic carbocycles. The molecule has 14 heavy (non-hydrogen) atoms. The van der Waals surface area contributed by atoms with Crippen molar-refractivity contribution in [2.24, 2.45) is 0 Å². The Labute approximate surface area is 89.7 Å². The van der Waals surface area contributed by atoms with Crippen molar-refractivity contribution in [3.8, 4) is 12.3 Å². The molecule has 0 rings (SSSR count). The van der Waals surface area contributed by atoms with E-state index in [0.29, 0.717) is 12.1 Å². The molecule has 0 saturated heterocycles. The fraction of sp³-hybridized carbons (Fsp3) is 0.846. The van der Waals surface area contributed by atoms with Crippen molar-refractivity contribution in [2.75, 3.05) is 0 Å². The molecule has 0 amide bonds. The SMILES string of the molecule is C#CCC(CC)NC(C)CCCCC. The second-order valence-electron chi connectivity index (χ2n) is 4.08. The van der Waals surface area contributed by atoms with Crippen LogP contribution in [0.4, 0.5) is 0 Å². The molecule has 0 aromatic heterocycles. The number of hydrogen-bond acceptors (Lipinski definition) is 1. The van der Waals surface area contributed by atoms with Crippen molar-refractivity contribution < 1.29 is 0 Å². The Morgan fingerprint density at radius 2 is 2.00 bits per heavy atom. The first-order valence-corrected chi connectivity index (χ1v) is 5.94. The Hall–Kier alpha value is -0.480. The normalized spacial score (nSPS) is 14.7. The Morgan fingerprint density at radius 3 is 2.50 bits per heavy atom. The van der Waals surface area contributed by atoms with Gasteiger partial charge in [-0.3, -0.25) is 0 Å². The quantitative estimate of drug-likeness (QED) is 0.462. The zero-order chi connectivity index (χ0) is 10.8. The van der Waals surface area contributed by atoms with Crippen LogP contribution >= 0.6 is 0 Å². The van der Waals surface area contributed by atoms with E-state index < -0.39 is 0 Å². The molecule has 0 aliphatic heterocycles. The fourth-order valence-corrected chi connectivity index (χ4v) is 1.65. The lowest BCUT2D eigenvalue weighted by Crippen LogP contribution is -2.35. The molecule has 0 radical (unpaired) electrons. The third-order valence-electron chi connectivity index (χ3n) is 2.62. The Balaban J connectivity index is 3.57. The zero-order valence-corrected chi connectivity index (χ0v) is 9.97. The van der Waals surface area contributed by atoms with Crippen LogP contribution in [0.1, 0.15) is 59.3 Å². The van der Waals surface area contributed by atoms with Gasteiger partial charge in [0.2, 0.25) is 0 Å². The summed E-state index contributed by atoms with van der Waals surface area (Å²) in [6.07, 6.45) is 12.5. The summed E-state index contributed by atoms with van der Waals surface area (Å²) in [7, 11) is 0. The van der Waals surface area contributed by atoms with Crippen molar-refractivity contribution in [1.82, 2.24) is 5.32 Å². The van der Waals surface area contributed by atoms with Crippen molar-refractivity contribution >= 4 is 0 Å². The van der Waals surface area contributed by atoms with Crippen LogP contribution < -0.4 is 5.32 Å². The summed E-state index contributed by atoms with van der Waals surface area (Å²) >= 11 is 0. The summed E-state index contributed by atoms with van der Waals surface area (Å²) in [5.74, 6) is 2.73. The highest BCUT2D eigenvalue weighted by molar-refractivity contribution is 4.89. The van der Waals surface area contributed by atoms with Crippen molar-refractivity contribution in [2.45, 2.75) is 71.4 Å². The summed E-state index contributed by atoms with van der Waals surface area (Å²) in [4.78, 5) is 0. The fourth-order valence-electron chi connectivity index (χ4n) is 1.65. The van der Waals surface area contributed by atoms with E-state index in [0.717, 1.165) is 12.8 Å². The molecule has 0 spiro atoms. The predicted molar refractivity (Wildman–Crippen MR) is 64.3 cm³/mol. The number of terminal acetylenes is 1. The first-order chi connectivity index (χ1) is 6.74. The lowest BCUT2D eigenvalue weighted by molar-refractivity contribution is 0.411. The number of nitrogens with one attached hydrogen (secondary N) is 1. The van der Waals surface area contributed by atoms with Gasteiger partial charge in [0, 0.05) is 18.5 Å². The molecular weight excluding hydrogens is 170 g/mol. The molecule has 1 N–H and O–H groups in total. The number of hydrogen-bond donors (Lipinski definition) is 1. The summed E-state index contributed by atoms with van der Waals surface area (Å²) in [6, 6.07) is 1.12. The average Bonchev–Trinajstić information content (AvgIpc) is 2.17. The zero-order valence-electron chi connectivity index (χ0n) is 9.97. The first kappa shape index (κ1) is 13.5. The topological polar surface area (TPSA) is 12.0 Å². The highest BCUT2D eigenvalue weighted by atomic mass is 14.9. The van der Waals surface area contributed by atoms with E-state index in [1.807, 2.05) is 0 Å². The molecule has 0 aliphatic carbocycles. The molecule has 0 aliphatic rings. The minimum atomic E-state index is 0.511. The molecule has 2 unspecified atom stereocenters. The molecule has 1 heteroatoms. The van der Waals surface area contributed by atoms with Gasteiger partial charge in [0.15, 0.2) is 0 Å². The van der Waals surface area contributed by atoms with Crippen LogP contribution in [0, 0.1) is 12.3 Å². The molecule has 82 valence electrons. The third kappa shape index (κ3) is 6.97.